The maximum Gasteiger partial charge on any atom is 0.0233 e. The van der Waals surface area contributed by atoms with E-state index < -0.39 is 0 Å². The van der Waals surface area contributed by atoms with Crippen LogP contribution < -0.4 is 5.32 Å². The Morgan fingerprint density at radius 3 is 2.57 bits per heavy atom. The zero-order valence-electron chi connectivity index (χ0n) is 13.5. The van der Waals surface area contributed by atoms with Crippen LogP contribution >= 0.6 is 0 Å². The minimum absolute atomic E-state index is 0.829. The summed E-state index contributed by atoms with van der Waals surface area (Å²) in [7, 11) is 0. The molecule has 116 valence electrons. The third-order valence-electron chi connectivity index (χ3n) is 5.03. The van der Waals surface area contributed by atoms with Gasteiger partial charge in [0.2, 0.25) is 0 Å². The Balaban J connectivity index is 1.44. The molecule has 1 aliphatic carbocycles. The van der Waals surface area contributed by atoms with E-state index in [-0.39, 0.29) is 0 Å². The van der Waals surface area contributed by atoms with Gasteiger partial charge in [-0.2, -0.15) is 0 Å². The van der Waals surface area contributed by atoms with E-state index in [9.17, 15) is 0 Å². The third kappa shape index (κ3) is 4.82. The van der Waals surface area contributed by atoms with Crippen molar-refractivity contribution in [3.8, 4) is 0 Å². The Labute approximate surface area is 129 Å². The molecule has 1 aromatic carbocycles. The highest BCUT2D eigenvalue weighted by Gasteiger charge is 2.20. The highest BCUT2D eigenvalue weighted by molar-refractivity contribution is 5.22. The molecular formula is C19H30N2. The monoisotopic (exact) mass is 286 g/mol. The van der Waals surface area contributed by atoms with E-state index in [2.05, 4.69) is 41.4 Å². The van der Waals surface area contributed by atoms with Crippen molar-refractivity contribution in [1.82, 2.24) is 10.2 Å². The summed E-state index contributed by atoms with van der Waals surface area (Å²) in [6.07, 6.45) is 8.08. The molecule has 0 amide bonds. The molecule has 0 radical (unpaired) electrons. The van der Waals surface area contributed by atoms with Crippen molar-refractivity contribution in [1.29, 1.82) is 0 Å². The van der Waals surface area contributed by atoms with Crippen LogP contribution in [-0.4, -0.2) is 30.6 Å². The first-order chi connectivity index (χ1) is 10.3. The van der Waals surface area contributed by atoms with Crippen LogP contribution in [0.5, 0.6) is 0 Å². The molecule has 1 unspecified atom stereocenters. The molecule has 1 atom stereocenters. The fourth-order valence-corrected chi connectivity index (χ4v) is 3.41. The van der Waals surface area contributed by atoms with Crippen LogP contribution in [0.3, 0.4) is 0 Å². The van der Waals surface area contributed by atoms with Gasteiger partial charge in [0.25, 0.3) is 0 Å². The summed E-state index contributed by atoms with van der Waals surface area (Å²) in [4.78, 5) is 2.64. The number of nitrogens with zero attached hydrogens (tertiary/aromatic N) is 1. The second-order valence-electron chi connectivity index (χ2n) is 6.95. The van der Waals surface area contributed by atoms with Crippen molar-refractivity contribution < 1.29 is 0 Å². The number of likely N-dealkylation sites (tertiary alicyclic amines) is 1. The van der Waals surface area contributed by atoms with Gasteiger partial charge in [-0.1, -0.05) is 37.6 Å². The van der Waals surface area contributed by atoms with Crippen LogP contribution in [0.4, 0.5) is 0 Å². The SMILES string of the molecule is CCC1CCCN(Cc2ccc(CCNC3CC3)cc2)C1. The van der Waals surface area contributed by atoms with Gasteiger partial charge in [-0.3, -0.25) is 4.90 Å². The zero-order valence-corrected chi connectivity index (χ0v) is 13.5. The Kier molecular flexibility index (Phi) is 5.32. The lowest BCUT2D eigenvalue weighted by atomic mass is 9.95. The molecule has 1 N–H and O–H groups in total. The van der Waals surface area contributed by atoms with Gasteiger partial charge in [0, 0.05) is 19.1 Å². The first-order valence-corrected chi connectivity index (χ1v) is 8.87. The number of hydrogen-bond acceptors (Lipinski definition) is 2. The lowest BCUT2D eigenvalue weighted by molar-refractivity contribution is 0.165. The first kappa shape index (κ1) is 15.1. The van der Waals surface area contributed by atoms with Gasteiger partial charge in [-0.05, 0) is 62.2 Å². The highest BCUT2D eigenvalue weighted by Crippen LogP contribution is 2.21. The van der Waals surface area contributed by atoms with E-state index in [0.29, 0.717) is 0 Å². The van der Waals surface area contributed by atoms with Crippen molar-refractivity contribution in [2.24, 2.45) is 5.92 Å². The molecule has 0 bridgehead atoms. The fraction of sp³-hybridized carbons (Fsp3) is 0.684. The van der Waals surface area contributed by atoms with Gasteiger partial charge < -0.3 is 5.32 Å². The Morgan fingerprint density at radius 2 is 1.86 bits per heavy atom. The molecule has 2 fully saturated rings. The zero-order chi connectivity index (χ0) is 14.5. The number of rotatable bonds is 7. The molecule has 0 spiro atoms. The van der Waals surface area contributed by atoms with E-state index in [1.165, 1.54) is 62.7 Å². The van der Waals surface area contributed by atoms with Gasteiger partial charge in [0.15, 0.2) is 0 Å². The fourth-order valence-electron chi connectivity index (χ4n) is 3.41. The topological polar surface area (TPSA) is 15.3 Å². The second kappa shape index (κ2) is 7.42. The second-order valence-corrected chi connectivity index (χ2v) is 6.95. The van der Waals surface area contributed by atoms with Crippen molar-refractivity contribution >= 4 is 0 Å². The normalized spacial score (nSPS) is 23.4. The third-order valence-corrected chi connectivity index (χ3v) is 5.03. The highest BCUT2D eigenvalue weighted by atomic mass is 15.1. The molecule has 1 saturated heterocycles. The summed E-state index contributed by atoms with van der Waals surface area (Å²) in [6, 6.07) is 10.1. The molecule has 0 aromatic heterocycles. The van der Waals surface area contributed by atoms with E-state index in [4.69, 9.17) is 0 Å². The van der Waals surface area contributed by atoms with Gasteiger partial charge in [0.05, 0.1) is 0 Å². The molecule has 1 heterocycles. The number of nitrogens with one attached hydrogen (secondary N) is 1. The van der Waals surface area contributed by atoms with Crippen LogP contribution in [0, 0.1) is 5.92 Å². The summed E-state index contributed by atoms with van der Waals surface area (Å²) in [6.45, 7) is 7.18. The predicted molar refractivity (Wildman–Crippen MR) is 89.5 cm³/mol. The van der Waals surface area contributed by atoms with Crippen LogP contribution in [0.1, 0.15) is 50.2 Å². The average Bonchev–Trinajstić information content (AvgIpc) is 3.34. The largest absolute Gasteiger partial charge is 0.314 e. The lowest BCUT2D eigenvalue weighted by Crippen LogP contribution is -2.34. The van der Waals surface area contributed by atoms with Gasteiger partial charge in [0.1, 0.15) is 0 Å². The minimum Gasteiger partial charge on any atom is -0.314 e. The minimum atomic E-state index is 0.829. The molecule has 3 rings (SSSR count). The van der Waals surface area contributed by atoms with Gasteiger partial charge in [-0.25, -0.2) is 0 Å². The lowest BCUT2D eigenvalue weighted by Gasteiger charge is -2.32. The number of benzene rings is 1. The summed E-state index contributed by atoms with van der Waals surface area (Å²) >= 11 is 0. The molecule has 1 saturated carbocycles. The molecule has 21 heavy (non-hydrogen) atoms. The molecule has 1 aromatic rings. The van der Waals surface area contributed by atoms with Crippen molar-refractivity contribution in [2.75, 3.05) is 19.6 Å². The summed E-state index contributed by atoms with van der Waals surface area (Å²) in [5.41, 5.74) is 2.95. The first-order valence-electron chi connectivity index (χ1n) is 8.87. The van der Waals surface area contributed by atoms with Crippen molar-refractivity contribution in [3.05, 3.63) is 35.4 Å². The summed E-state index contributed by atoms with van der Waals surface area (Å²) in [5, 5.41) is 3.59. The van der Waals surface area contributed by atoms with Crippen molar-refractivity contribution in [3.63, 3.8) is 0 Å². The van der Waals surface area contributed by atoms with E-state index in [1.54, 1.807) is 0 Å². The Bertz CT molecular complexity index is 422. The molecule has 2 aliphatic rings. The maximum absolute atomic E-state index is 3.59. The van der Waals surface area contributed by atoms with Crippen LogP contribution in [0.15, 0.2) is 24.3 Å². The summed E-state index contributed by atoms with van der Waals surface area (Å²) in [5.74, 6) is 0.923. The maximum atomic E-state index is 3.59. The van der Waals surface area contributed by atoms with E-state index in [0.717, 1.165) is 25.0 Å². The molecule has 2 heteroatoms. The van der Waals surface area contributed by atoms with E-state index in [1.807, 2.05) is 0 Å². The average molecular weight is 286 g/mol. The molecular weight excluding hydrogens is 256 g/mol. The number of hydrogen-bond donors (Lipinski definition) is 1. The Morgan fingerprint density at radius 1 is 1.10 bits per heavy atom. The van der Waals surface area contributed by atoms with Crippen LogP contribution in [0.25, 0.3) is 0 Å². The van der Waals surface area contributed by atoms with Crippen LogP contribution in [-0.2, 0) is 13.0 Å². The van der Waals surface area contributed by atoms with Crippen LogP contribution in [0.2, 0.25) is 0 Å². The molecule has 1 aliphatic heterocycles. The Hall–Kier alpha value is -0.860. The van der Waals surface area contributed by atoms with Gasteiger partial charge >= 0.3 is 0 Å². The quantitative estimate of drug-likeness (QED) is 0.824. The van der Waals surface area contributed by atoms with Gasteiger partial charge in [-0.15, -0.1) is 0 Å². The predicted octanol–water partition coefficient (Wildman–Crippen LogP) is 3.60. The smallest absolute Gasteiger partial charge is 0.0233 e. The summed E-state index contributed by atoms with van der Waals surface area (Å²) < 4.78 is 0. The van der Waals surface area contributed by atoms with E-state index >= 15 is 0 Å². The number of piperidine rings is 1. The molecule has 2 nitrogen and oxygen atoms in total. The van der Waals surface area contributed by atoms with Crippen molar-refractivity contribution in [2.45, 2.75) is 58.0 Å². The standard InChI is InChI=1S/C19H30N2/c1-2-16-4-3-13-21(14-16)15-18-7-5-17(6-8-18)11-12-20-19-9-10-19/h5-8,16,19-20H,2-4,9-15H2,1H3.